The van der Waals surface area contributed by atoms with Crippen LogP contribution in [0.1, 0.15) is 18.9 Å². The third kappa shape index (κ3) is 6.96. The highest BCUT2D eigenvalue weighted by atomic mass is 35.5. The summed E-state index contributed by atoms with van der Waals surface area (Å²) in [6.45, 7) is 1.24. The normalized spacial score (nSPS) is 12.0. The molecule has 11 heteroatoms. The van der Waals surface area contributed by atoms with E-state index in [1.165, 1.54) is 42.3 Å². The van der Waals surface area contributed by atoms with Crippen molar-refractivity contribution in [2.45, 2.75) is 30.8 Å². The van der Waals surface area contributed by atoms with Crippen LogP contribution in [0.2, 0.25) is 15.1 Å². The van der Waals surface area contributed by atoms with Gasteiger partial charge >= 0.3 is 0 Å². The second kappa shape index (κ2) is 12.6. The molecular formula is C26H26Cl3N3O4S. The number of sulfonamides is 1. The van der Waals surface area contributed by atoms with Crippen LogP contribution in [-0.2, 0) is 26.2 Å². The van der Waals surface area contributed by atoms with Gasteiger partial charge in [0.2, 0.25) is 11.8 Å². The molecule has 7 nitrogen and oxygen atoms in total. The second-order valence-electron chi connectivity index (χ2n) is 8.11. The lowest BCUT2D eigenvalue weighted by Crippen LogP contribution is -2.51. The molecule has 0 aliphatic heterocycles. The smallest absolute Gasteiger partial charge is 0.264 e. The zero-order valence-electron chi connectivity index (χ0n) is 20.2. The monoisotopic (exact) mass is 581 g/mol. The summed E-state index contributed by atoms with van der Waals surface area (Å²) in [7, 11) is -2.73. The molecule has 196 valence electrons. The first-order valence-corrected chi connectivity index (χ1v) is 13.9. The minimum absolute atomic E-state index is 0.0172. The van der Waals surface area contributed by atoms with E-state index in [2.05, 4.69) is 5.32 Å². The Morgan fingerprint density at radius 3 is 2.11 bits per heavy atom. The zero-order chi connectivity index (χ0) is 27.2. The summed E-state index contributed by atoms with van der Waals surface area (Å²) >= 11 is 18.4. The Hall–Kier alpha value is -2.78. The highest BCUT2D eigenvalue weighted by Gasteiger charge is 2.34. The van der Waals surface area contributed by atoms with Crippen molar-refractivity contribution in [2.24, 2.45) is 0 Å². The zero-order valence-corrected chi connectivity index (χ0v) is 23.3. The summed E-state index contributed by atoms with van der Waals surface area (Å²) in [6.07, 6.45) is 0.312. The molecule has 0 saturated carbocycles. The number of carbonyl (C=O) groups is 2. The molecule has 0 heterocycles. The van der Waals surface area contributed by atoms with E-state index in [0.29, 0.717) is 16.5 Å². The first-order valence-electron chi connectivity index (χ1n) is 11.4. The lowest BCUT2D eigenvalue weighted by molar-refractivity contribution is -0.140. The maximum atomic E-state index is 13.8. The Kier molecular flexibility index (Phi) is 9.84. The summed E-state index contributed by atoms with van der Waals surface area (Å²) in [5, 5.41) is 3.48. The van der Waals surface area contributed by atoms with Crippen molar-refractivity contribution in [3.63, 3.8) is 0 Å². The molecule has 1 atom stereocenters. The van der Waals surface area contributed by atoms with Crippen LogP contribution in [-0.4, -0.2) is 44.8 Å². The van der Waals surface area contributed by atoms with Gasteiger partial charge in [0.1, 0.15) is 12.6 Å². The van der Waals surface area contributed by atoms with Crippen LogP contribution in [0.25, 0.3) is 0 Å². The topological polar surface area (TPSA) is 86.8 Å². The molecule has 3 rings (SSSR count). The molecule has 0 unspecified atom stereocenters. The number of likely N-dealkylation sites (N-methyl/N-ethyl adjacent to an activating group) is 1. The largest absolute Gasteiger partial charge is 0.357 e. The fraction of sp³-hybridized carbons (Fsp3) is 0.231. The number of halogens is 3. The average molecular weight is 583 g/mol. The van der Waals surface area contributed by atoms with Crippen LogP contribution in [0.4, 0.5) is 5.69 Å². The molecule has 0 aliphatic rings. The van der Waals surface area contributed by atoms with Gasteiger partial charge < -0.3 is 10.2 Å². The highest BCUT2D eigenvalue weighted by molar-refractivity contribution is 7.92. The summed E-state index contributed by atoms with van der Waals surface area (Å²) in [6, 6.07) is 18.1. The van der Waals surface area contributed by atoms with E-state index in [0.717, 1.165) is 9.87 Å². The van der Waals surface area contributed by atoms with Crippen molar-refractivity contribution in [3.8, 4) is 0 Å². The van der Waals surface area contributed by atoms with Crippen molar-refractivity contribution in [3.05, 3.63) is 93.4 Å². The fourth-order valence-electron chi connectivity index (χ4n) is 3.79. The quantitative estimate of drug-likeness (QED) is 0.347. The van der Waals surface area contributed by atoms with Gasteiger partial charge in [-0.15, -0.1) is 0 Å². The Bertz CT molecular complexity index is 1350. The van der Waals surface area contributed by atoms with Gasteiger partial charge in [0.25, 0.3) is 10.0 Å². The number of carbonyl (C=O) groups excluding carboxylic acids is 2. The van der Waals surface area contributed by atoms with E-state index < -0.39 is 28.5 Å². The van der Waals surface area contributed by atoms with E-state index >= 15 is 0 Å². The standard InChI is InChI=1S/C26H26Cl3N3O4S/c1-3-23(26(34)30-2)31(16-18-9-11-19(27)12-10-18)25(33)17-32(24-14-13-20(28)15-22(24)29)37(35,36)21-7-5-4-6-8-21/h4-15,23H,3,16-17H2,1-2H3,(H,30,34)/t23-/m0/s1. The predicted octanol–water partition coefficient (Wildman–Crippen LogP) is 5.40. The molecule has 0 aromatic heterocycles. The van der Waals surface area contributed by atoms with Crippen molar-refractivity contribution >= 4 is 62.3 Å². The van der Waals surface area contributed by atoms with Gasteiger partial charge in [-0.25, -0.2) is 8.42 Å². The number of hydrogen-bond donors (Lipinski definition) is 1. The molecule has 0 aliphatic carbocycles. The summed E-state index contributed by atoms with van der Waals surface area (Å²) in [5.74, 6) is -0.956. The predicted molar refractivity (Wildman–Crippen MR) is 148 cm³/mol. The van der Waals surface area contributed by atoms with Gasteiger partial charge in [0, 0.05) is 23.6 Å². The minimum atomic E-state index is -4.21. The lowest BCUT2D eigenvalue weighted by atomic mass is 10.1. The van der Waals surface area contributed by atoms with Crippen LogP contribution in [0.3, 0.4) is 0 Å². The van der Waals surface area contributed by atoms with E-state index in [-0.39, 0.29) is 28.1 Å². The second-order valence-corrected chi connectivity index (χ2v) is 11.2. The van der Waals surface area contributed by atoms with Crippen molar-refractivity contribution < 1.29 is 18.0 Å². The molecule has 0 spiro atoms. The van der Waals surface area contributed by atoms with Gasteiger partial charge in [-0.3, -0.25) is 13.9 Å². The number of amides is 2. The first-order chi connectivity index (χ1) is 17.6. The van der Waals surface area contributed by atoms with Crippen molar-refractivity contribution in [1.82, 2.24) is 10.2 Å². The number of benzene rings is 3. The van der Waals surface area contributed by atoms with Gasteiger partial charge in [-0.2, -0.15) is 0 Å². The molecule has 37 heavy (non-hydrogen) atoms. The number of nitrogens with one attached hydrogen (secondary N) is 1. The van der Waals surface area contributed by atoms with Crippen LogP contribution in [0, 0.1) is 0 Å². The molecule has 0 radical (unpaired) electrons. The lowest BCUT2D eigenvalue weighted by Gasteiger charge is -2.33. The summed E-state index contributed by atoms with van der Waals surface area (Å²) in [5.41, 5.74) is 0.810. The van der Waals surface area contributed by atoms with Crippen LogP contribution in [0.15, 0.2) is 77.7 Å². The first kappa shape index (κ1) is 28.8. The molecule has 0 saturated heterocycles. The Morgan fingerprint density at radius 1 is 0.919 bits per heavy atom. The van der Waals surface area contributed by atoms with Crippen LogP contribution < -0.4 is 9.62 Å². The Labute approximate surface area is 232 Å². The fourth-order valence-corrected chi connectivity index (χ4v) is 5.93. The molecule has 1 N–H and O–H groups in total. The highest BCUT2D eigenvalue weighted by Crippen LogP contribution is 2.33. The van der Waals surface area contributed by atoms with Gasteiger partial charge in [0.15, 0.2) is 0 Å². The van der Waals surface area contributed by atoms with Crippen molar-refractivity contribution in [2.75, 3.05) is 17.9 Å². The Morgan fingerprint density at radius 2 is 1.54 bits per heavy atom. The van der Waals surface area contributed by atoms with E-state index in [9.17, 15) is 18.0 Å². The van der Waals surface area contributed by atoms with Gasteiger partial charge in [0.05, 0.1) is 15.6 Å². The molecule has 3 aromatic rings. The average Bonchev–Trinajstić information content (AvgIpc) is 2.88. The van der Waals surface area contributed by atoms with Crippen LogP contribution in [0.5, 0.6) is 0 Å². The third-order valence-corrected chi connectivity index (χ3v) is 8.25. The van der Waals surface area contributed by atoms with Gasteiger partial charge in [-0.05, 0) is 54.4 Å². The summed E-state index contributed by atoms with van der Waals surface area (Å²) in [4.78, 5) is 27.9. The molecule has 2 amide bonds. The maximum absolute atomic E-state index is 13.8. The number of rotatable bonds is 10. The SMILES string of the molecule is CC[C@@H](C(=O)NC)N(Cc1ccc(Cl)cc1)C(=O)CN(c1ccc(Cl)cc1Cl)S(=O)(=O)c1ccccc1. The maximum Gasteiger partial charge on any atom is 0.264 e. The molecule has 3 aromatic carbocycles. The third-order valence-electron chi connectivity index (χ3n) is 5.69. The van der Waals surface area contributed by atoms with E-state index in [1.54, 1.807) is 49.4 Å². The Balaban J connectivity index is 2.08. The molecular weight excluding hydrogens is 557 g/mol. The van der Waals surface area contributed by atoms with Crippen molar-refractivity contribution in [1.29, 1.82) is 0 Å². The number of nitrogens with zero attached hydrogens (tertiary/aromatic N) is 2. The molecule has 0 bridgehead atoms. The minimum Gasteiger partial charge on any atom is -0.357 e. The van der Waals surface area contributed by atoms with E-state index in [1.807, 2.05) is 0 Å². The van der Waals surface area contributed by atoms with Gasteiger partial charge in [-0.1, -0.05) is 72.1 Å². The molecule has 0 fully saturated rings. The summed E-state index contributed by atoms with van der Waals surface area (Å²) < 4.78 is 28.4. The number of hydrogen-bond acceptors (Lipinski definition) is 4. The van der Waals surface area contributed by atoms with Crippen LogP contribution >= 0.6 is 34.8 Å². The number of anilines is 1. The van der Waals surface area contributed by atoms with E-state index in [4.69, 9.17) is 34.8 Å².